The van der Waals surface area contributed by atoms with Crippen molar-refractivity contribution in [2.24, 2.45) is 11.7 Å². The summed E-state index contributed by atoms with van der Waals surface area (Å²) in [6.07, 6.45) is 0. The van der Waals surface area contributed by atoms with E-state index >= 15 is 0 Å². The van der Waals surface area contributed by atoms with E-state index in [9.17, 15) is 4.79 Å². The lowest BCUT2D eigenvalue weighted by molar-refractivity contribution is -0.139. The molecule has 5 nitrogen and oxygen atoms in total. The van der Waals surface area contributed by atoms with Gasteiger partial charge in [-0.3, -0.25) is 9.59 Å². The first-order valence-corrected chi connectivity index (χ1v) is 3.47. The van der Waals surface area contributed by atoms with Gasteiger partial charge in [-0.05, 0) is 5.92 Å². The maximum atomic E-state index is 10.0. The molecule has 0 unspecified atom stereocenters. The molecule has 0 bridgehead atoms. The molecule has 0 aromatic heterocycles. The highest BCUT2D eigenvalue weighted by Crippen LogP contribution is 1.96. The molecule has 0 saturated carbocycles. The minimum Gasteiger partial charge on any atom is -0.481 e. The molecule has 0 aliphatic heterocycles. The Labute approximate surface area is 71.2 Å². The van der Waals surface area contributed by atoms with E-state index in [2.05, 4.69) is 0 Å². The highest BCUT2D eigenvalue weighted by molar-refractivity contribution is 5.73. The summed E-state index contributed by atoms with van der Waals surface area (Å²) in [6, 6.07) is -0.713. The Kier molecular flexibility index (Phi) is 7.42. The third-order valence-corrected chi connectivity index (χ3v) is 1.00. The van der Waals surface area contributed by atoms with Crippen molar-refractivity contribution in [3.8, 4) is 0 Å². The third-order valence-electron chi connectivity index (χ3n) is 1.00. The first-order chi connectivity index (χ1) is 5.29. The molecule has 0 aromatic rings. The van der Waals surface area contributed by atoms with Crippen molar-refractivity contribution in [3.05, 3.63) is 0 Å². The molecule has 0 fully saturated rings. The van der Waals surface area contributed by atoms with Gasteiger partial charge in [0.2, 0.25) is 0 Å². The van der Waals surface area contributed by atoms with Crippen LogP contribution in [0.2, 0.25) is 0 Å². The Morgan fingerprint density at radius 1 is 1.25 bits per heavy atom. The summed E-state index contributed by atoms with van der Waals surface area (Å²) in [6.45, 7) is 4.64. The second kappa shape index (κ2) is 6.60. The summed E-state index contributed by atoms with van der Waals surface area (Å²) in [4.78, 5) is 19.0. The van der Waals surface area contributed by atoms with E-state index in [1.54, 1.807) is 13.8 Å². The molecule has 0 rings (SSSR count). The van der Waals surface area contributed by atoms with Gasteiger partial charge in [0.05, 0.1) is 0 Å². The van der Waals surface area contributed by atoms with E-state index in [-0.39, 0.29) is 5.92 Å². The fourth-order valence-electron chi connectivity index (χ4n) is 0.285. The number of hydrogen-bond acceptors (Lipinski definition) is 3. The van der Waals surface area contributed by atoms with Gasteiger partial charge in [0.15, 0.2) is 0 Å². The van der Waals surface area contributed by atoms with Crippen LogP contribution in [0.3, 0.4) is 0 Å². The van der Waals surface area contributed by atoms with Crippen LogP contribution in [0.4, 0.5) is 0 Å². The largest absolute Gasteiger partial charge is 0.481 e. The predicted molar refractivity (Wildman–Crippen MR) is 43.8 cm³/mol. The zero-order valence-electron chi connectivity index (χ0n) is 7.44. The maximum Gasteiger partial charge on any atom is 0.320 e. The third kappa shape index (κ3) is 11.7. The van der Waals surface area contributed by atoms with Crippen LogP contribution in [0.15, 0.2) is 0 Å². The maximum absolute atomic E-state index is 10.0. The lowest BCUT2D eigenvalue weighted by atomic mass is 10.1. The lowest BCUT2D eigenvalue weighted by Gasteiger charge is -2.07. The molecular weight excluding hydrogens is 162 g/mol. The van der Waals surface area contributed by atoms with Crippen molar-refractivity contribution < 1.29 is 19.8 Å². The molecule has 0 heterocycles. The van der Waals surface area contributed by atoms with Crippen LogP contribution < -0.4 is 5.73 Å². The monoisotopic (exact) mass is 177 g/mol. The van der Waals surface area contributed by atoms with Gasteiger partial charge in [0, 0.05) is 6.92 Å². The molecule has 5 heteroatoms. The van der Waals surface area contributed by atoms with Crippen LogP contribution in [-0.2, 0) is 9.59 Å². The number of carboxylic acids is 2. The van der Waals surface area contributed by atoms with Gasteiger partial charge in [-0.2, -0.15) is 0 Å². The molecule has 0 amide bonds. The van der Waals surface area contributed by atoms with Crippen molar-refractivity contribution in [2.45, 2.75) is 26.8 Å². The van der Waals surface area contributed by atoms with E-state index in [0.717, 1.165) is 6.92 Å². The number of aliphatic carboxylic acids is 2. The van der Waals surface area contributed by atoms with Crippen molar-refractivity contribution in [3.63, 3.8) is 0 Å². The van der Waals surface area contributed by atoms with Crippen LogP contribution in [0.1, 0.15) is 20.8 Å². The molecule has 0 aliphatic carbocycles. The molecule has 0 spiro atoms. The van der Waals surface area contributed by atoms with E-state index in [0.29, 0.717) is 0 Å². The fraction of sp³-hybridized carbons (Fsp3) is 0.714. The van der Waals surface area contributed by atoms with Gasteiger partial charge < -0.3 is 15.9 Å². The number of carbonyl (C=O) groups is 2. The summed E-state index contributed by atoms with van der Waals surface area (Å²) in [5.41, 5.74) is 5.16. The van der Waals surface area contributed by atoms with E-state index in [1.165, 1.54) is 0 Å². The highest BCUT2D eigenvalue weighted by Gasteiger charge is 2.14. The number of nitrogens with two attached hydrogens (primary N) is 1. The van der Waals surface area contributed by atoms with Gasteiger partial charge in [0.1, 0.15) is 6.04 Å². The molecule has 0 radical (unpaired) electrons. The lowest BCUT2D eigenvalue weighted by Crippen LogP contribution is -2.34. The van der Waals surface area contributed by atoms with Gasteiger partial charge in [-0.25, -0.2) is 0 Å². The Morgan fingerprint density at radius 3 is 1.50 bits per heavy atom. The number of hydrogen-bond donors (Lipinski definition) is 3. The number of carboxylic acid groups (broad SMARTS) is 2. The minimum atomic E-state index is -0.931. The highest BCUT2D eigenvalue weighted by atomic mass is 16.4. The second-order valence-electron chi connectivity index (χ2n) is 2.63. The van der Waals surface area contributed by atoms with E-state index in [4.69, 9.17) is 20.7 Å². The van der Waals surface area contributed by atoms with Crippen molar-refractivity contribution in [2.75, 3.05) is 0 Å². The van der Waals surface area contributed by atoms with Crippen molar-refractivity contribution in [1.82, 2.24) is 0 Å². The predicted octanol–water partition coefficient (Wildman–Crippen LogP) is 0.145. The van der Waals surface area contributed by atoms with Crippen molar-refractivity contribution in [1.29, 1.82) is 0 Å². The van der Waals surface area contributed by atoms with Gasteiger partial charge in [-0.1, -0.05) is 13.8 Å². The molecule has 72 valence electrons. The zero-order valence-corrected chi connectivity index (χ0v) is 7.44. The van der Waals surface area contributed by atoms with Crippen LogP contribution in [0.5, 0.6) is 0 Å². The molecule has 12 heavy (non-hydrogen) atoms. The van der Waals surface area contributed by atoms with Crippen LogP contribution in [0, 0.1) is 5.92 Å². The zero-order chi connectivity index (χ0) is 10.3. The first-order valence-electron chi connectivity index (χ1n) is 3.47. The molecular formula is C7H15NO4. The average molecular weight is 177 g/mol. The first kappa shape index (κ1) is 13.5. The Bertz CT molecular complexity index is 151. The van der Waals surface area contributed by atoms with Crippen LogP contribution in [-0.4, -0.2) is 28.2 Å². The van der Waals surface area contributed by atoms with E-state index in [1.807, 2.05) is 0 Å². The quantitative estimate of drug-likeness (QED) is 0.557. The molecule has 4 N–H and O–H groups in total. The summed E-state index contributed by atoms with van der Waals surface area (Å²) in [5, 5.41) is 15.6. The summed E-state index contributed by atoms with van der Waals surface area (Å²) >= 11 is 0. The summed E-state index contributed by atoms with van der Waals surface area (Å²) < 4.78 is 0. The molecule has 0 aromatic carbocycles. The smallest absolute Gasteiger partial charge is 0.320 e. The second-order valence-corrected chi connectivity index (χ2v) is 2.63. The van der Waals surface area contributed by atoms with E-state index < -0.39 is 18.0 Å². The Morgan fingerprint density at radius 2 is 1.50 bits per heavy atom. The summed E-state index contributed by atoms with van der Waals surface area (Å²) in [5.74, 6) is -1.74. The standard InChI is InChI=1S/C5H11NO2.C2H4O2/c1-3(2)4(6)5(7)8;1-2(3)4/h3-4H,6H2,1-2H3,(H,7,8);1H3,(H,3,4)/t4-;/m1./s1. The average Bonchev–Trinajstić information content (AvgIpc) is 1.84. The SMILES string of the molecule is CC(=O)O.CC(C)[C@@H](N)C(=O)O. The summed E-state index contributed by atoms with van der Waals surface area (Å²) in [7, 11) is 0. The number of rotatable bonds is 2. The van der Waals surface area contributed by atoms with Crippen molar-refractivity contribution >= 4 is 11.9 Å². The van der Waals surface area contributed by atoms with Crippen LogP contribution >= 0.6 is 0 Å². The van der Waals surface area contributed by atoms with Gasteiger partial charge >= 0.3 is 5.97 Å². The minimum absolute atomic E-state index is 0.0208. The Hall–Kier alpha value is -1.10. The van der Waals surface area contributed by atoms with Crippen LogP contribution in [0.25, 0.3) is 0 Å². The molecule has 0 aliphatic rings. The molecule has 1 atom stereocenters. The van der Waals surface area contributed by atoms with Gasteiger partial charge in [-0.15, -0.1) is 0 Å². The molecule has 0 saturated heterocycles. The van der Waals surface area contributed by atoms with Gasteiger partial charge in [0.25, 0.3) is 5.97 Å². The Balaban J connectivity index is 0. The normalized spacial score (nSPS) is 11.4. The fourth-order valence-corrected chi connectivity index (χ4v) is 0.285. The topological polar surface area (TPSA) is 101 Å².